The van der Waals surface area contributed by atoms with Crippen molar-refractivity contribution in [2.45, 2.75) is 26.7 Å². The van der Waals surface area contributed by atoms with Crippen LogP contribution in [0.4, 0.5) is 5.69 Å². The van der Waals surface area contributed by atoms with E-state index in [2.05, 4.69) is 15.4 Å². The molecule has 23 heavy (non-hydrogen) atoms. The molecule has 0 radical (unpaired) electrons. The molecule has 6 nitrogen and oxygen atoms in total. The molecular formula is C16H16N4O2S. The van der Waals surface area contributed by atoms with Crippen LogP contribution in [0.15, 0.2) is 35.3 Å². The maximum absolute atomic E-state index is 12.5. The molecular weight excluding hydrogens is 312 g/mol. The average molecular weight is 328 g/mol. The number of fused-ring (bicyclic) bond motifs is 1. The van der Waals surface area contributed by atoms with Gasteiger partial charge in [0.05, 0.1) is 6.20 Å². The predicted octanol–water partition coefficient (Wildman–Crippen LogP) is 2.84. The van der Waals surface area contributed by atoms with Crippen LogP contribution >= 0.6 is 11.3 Å². The number of aromatic nitrogens is 3. The summed E-state index contributed by atoms with van der Waals surface area (Å²) in [5.74, 6) is -0.118. The minimum atomic E-state index is -0.375. The van der Waals surface area contributed by atoms with Crippen molar-refractivity contribution < 1.29 is 4.79 Å². The summed E-state index contributed by atoms with van der Waals surface area (Å²) in [6.07, 6.45) is 1.39. The summed E-state index contributed by atoms with van der Waals surface area (Å²) in [4.78, 5) is 29.5. The van der Waals surface area contributed by atoms with Crippen LogP contribution in [0, 0.1) is 6.92 Å². The third-order valence-corrected chi connectivity index (χ3v) is 4.66. The van der Waals surface area contributed by atoms with Crippen molar-refractivity contribution in [3.63, 3.8) is 0 Å². The third-order valence-electron chi connectivity index (χ3n) is 3.43. The highest BCUT2D eigenvalue weighted by Gasteiger charge is 2.15. The van der Waals surface area contributed by atoms with E-state index in [4.69, 9.17) is 0 Å². The summed E-state index contributed by atoms with van der Waals surface area (Å²) in [6, 6.07) is 7.20. The normalized spacial score (nSPS) is 11.1. The second-order valence-corrected chi connectivity index (χ2v) is 6.52. The first-order valence-corrected chi connectivity index (χ1v) is 8.05. The molecule has 0 spiro atoms. The smallest absolute Gasteiger partial charge is 0.298 e. The molecule has 0 atom stereocenters. The molecule has 3 aromatic rings. The van der Waals surface area contributed by atoms with Crippen LogP contribution in [-0.2, 0) is 0 Å². The first-order chi connectivity index (χ1) is 11.0. The molecule has 0 bridgehead atoms. The molecule has 2 heterocycles. The number of anilines is 1. The lowest BCUT2D eigenvalue weighted by molar-refractivity contribution is 0.102. The number of hydrogen-bond acceptors (Lipinski definition) is 5. The Hall–Kier alpha value is -2.54. The van der Waals surface area contributed by atoms with Crippen LogP contribution in [0.2, 0.25) is 0 Å². The number of aryl methyl sites for hydroxylation is 1. The Morgan fingerprint density at radius 2 is 2.04 bits per heavy atom. The van der Waals surface area contributed by atoms with Crippen molar-refractivity contribution in [3.05, 3.63) is 57.0 Å². The van der Waals surface area contributed by atoms with Gasteiger partial charge in [0.1, 0.15) is 10.7 Å². The molecule has 0 saturated heterocycles. The maximum Gasteiger partial charge on any atom is 0.298 e. The summed E-state index contributed by atoms with van der Waals surface area (Å²) in [7, 11) is 0. The Labute approximate surface area is 136 Å². The lowest BCUT2D eigenvalue weighted by Gasteiger charge is -2.06. The molecule has 7 heteroatoms. The molecule has 0 saturated carbocycles. The van der Waals surface area contributed by atoms with Crippen molar-refractivity contribution in [3.8, 4) is 0 Å². The van der Waals surface area contributed by atoms with Gasteiger partial charge >= 0.3 is 0 Å². The van der Waals surface area contributed by atoms with E-state index in [9.17, 15) is 9.59 Å². The summed E-state index contributed by atoms with van der Waals surface area (Å²) in [5.41, 5.74) is 1.12. The number of carbonyl (C=O) groups is 1. The van der Waals surface area contributed by atoms with Gasteiger partial charge in [0.25, 0.3) is 11.5 Å². The van der Waals surface area contributed by atoms with Gasteiger partial charge in [0.15, 0.2) is 0 Å². The highest BCUT2D eigenvalue weighted by atomic mass is 32.1. The zero-order chi connectivity index (χ0) is 16.6. The van der Waals surface area contributed by atoms with E-state index >= 15 is 0 Å². The third kappa shape index (κ3) is 2.87. The highest BCUT2D eigenvalue weighted by Crippen LogP contribution is 2.20. The number of rotatable bonds is 3. The summed E-state index contributed by atoms with van der Waals surface area (Å²) >= 11 is 1.37. The van der Waals surface area contributed by atoms with E-state index in [-0.39, 0.29) is 23.1 Å². The van der Waals surface area contributed by atoms with Crippen LogP contribution in [0.1, 0.15) is 40.7 Å². The first kappa shape index (κ1) is 15.4. The first-order valence-electron chi connectivity index (χ1n) is 7.23. The van der Waals surface area contributed by atoms with Gasteiger partial charge in [-0.1, -0.05) is 43.4 Å². The fraction of sp³-hybridized carbons (Fsp3) is 0.250. The summed E-state index contributed by atoms with van der Waals surface area (Å²) < 4.78 is 1.24. The fourth-order valence-electron chi connectivity index (χ4n) is 2.14. The molecule has 0 unspecified atom stereocenters. The Morgan fingerprint density at radius 3 is 2.74 bits per heavy atom. The largest absolute Gasteiger partial charge is 0.316 e. The standard InChI is InChI=1S/C16H16N4O2S/c1-9(2)14-19-20-15(22)12(8-17-16(20)23-14)18-13(21)11-7-5-4-6-10(11)3/h4-9H,1-3H3,(H,18,21). The zero-order valence-corrected chi connectivity index (χ0v) is 13.8. The molecule has 1 aromatic carbocycles. The number of nitrogens with zero attached hydrogens (tertiary/aromatic N) is 3. The second-order valence-electron chi connectivity index (χ2n) is 5.54. The lowest BCUT2D eigenvalue weighted by atomic mass is 10.1. The molecule has 0 aliphatic rings. The summed E-state index contributed by atoms with van der Waals surface area (Å²) in [6.45, 7) is 5.85. The lowest BCUT2D eigenvalue weighted by Crippen LogP contribution is -2.24. The Morgan fingerprint density at radius 1 is 1.30 bits per heavy atom. The van der Waals surface area contributed by atoms with E-state index in [0.717, 1.165) is 10.6 Å². The van der Waals surface area contributed by atoms with Crippen LogP contribution in [0.5, 0.6) is 0 Å². The van der Waals surface area contributed by atoms with Gasteiger partial charge in [0.2, 0.25) is 4.96 Å². The number of benzene rings is 1. The van der Waals surface area contributed by atoms with Gasteiger partial charge in [-0.25, -0.2) is 4.98 Å². The molecule has 3 rings (SSSR count). The van der Waals surface area contributed by atoms with Gasteiger partial charge < -0.3 is 5.32 Å². The maximum atomic E-state index is 12.5. The van der Waals surface area contributed by atoms with Crippen LogP contribution < -0.4 is 10.9 Å². The van der Waals surface area contributed by atoms with Crippen molar-refractivity contribution in [1.82, 2.24) is 14.6 Å². The van der Waals surface area contributed by atoms with Gasteiger partial charge in [0, 0.05) is 11.5 Å². The van der Waals surface area contributed by atoms with E-state index in [1.165, 1.54) is 22.0 Å². The van der Waals surface area contributed by atoms with Gasteiger partial charge in [-0.3, -0.25) is 9.59 Å². The van der Waals surface area contributed by atoms with Crippen molar-refractivity contribution in [2.24, 2.45) is 0 Å². The molecule has 0 aliphatic heterocycles. The van der Waals surface area contributed by atoms with Crippen LogP contribution in [0.25, 0.3) is 4.96 Å². The fourth-order valence-corrected chi connectivity index (χ4v) is 3.00. The molecule has 0 aliphatic carbocycles. The number of nitrogens with one attached hydrogen (secondary N) is 1. The Balaban J connectivity index is 1.98. The van der Waals surface area contributed by atoms with Crippen LogP contribution in [-0.4, -0.2) is 20.5 Å². The molecule has 0 fully saturated rings. The van der Waals surface area contributed by atoms with Gasteiger partial charge in [-0.2, -0.15) is 9.61 Å². The minimum absolute atomic E-state index is 0.122. The SMILES string of the molecule is Cc1ccccc1C(=O)Nc1cnc2sc(C(C)C)nn2c1=O. The number of amides is 1. The predicted molar refractivity (Wildman–Crippen MR) is 90.4 cm³/mol. The van der Waals surface area contributed by atoms with Crippen molar-refractivity contribution in [1.29, 1.82) is 0 Å². The summed E-state index contributed by atoms with van der Waals surface area (Å²) in [5, 5.41) is 7.74. The monoisotopic (exact) mass is 328 g/mol. The van der Waals surface area contributed by atoms with E-state index < -0.39 is 0 Å². The number of carbonyl (C=O) groups excluding carboxylic acids is 1. The Bertz CT molecular complexity index is 943. The molecule has 1 amide bonds. The van der Waals surface area contributed by atoms with E-state index in [1.807, 2.05) is 32.9 Å². The van der Waals surface area contributed by atoms with Crippen LogP contribution in [0.3, 0.4) is 0 Å². The van der Waals surface area contributed by atoms with Crippen molar-refractivity contribution in [2.75, 3.05) is 5.32 Å². The van der Waals surface area contributed by atoms with Gasteiger partial charge in [-0.05, 0) is 18.6 Å². The van der Waals surface area contributed by atoms with Gasteiger partial charge in [-0.15, -0.1) is 0 Å². The number of hydrogen-bond donors (Lipinski definition) is 1. The topological polar surface area (TPSA) is 76.4 Å². The highest BCUT2D eigenvalue weighted by molar-refractivity contribution is 7.16. The quantitative estimate of drug-likeness (QED) is 0.802. The average Bonchev–Trinajstić information content (AvgIpc) is 2.96. The second kappa shape index (κ2) is 5.92. The van der Waals surface area contributed by atoms with E-state index in [1.54, 1.807) is 12.1 Å². The minimum Gasteiger partial charge on any atom is -0.316 e. The molecule has 118 valence electrons. The molecule has 2 aromatic heterocycles. The van der Waals surface area contributed by atoms with Crippen molar-refractivity contribution >= 4 is 27.9 Å². The van der Waals surface area contributed by atoms with E-state index in [0.29, 0.717) is 10.5 Å². The Kier molecular flexibility index (Phi) is 3.96. The zero-order valence-electron chi connectivity index (χ0n) is 13.0. The molecule has 1 N–H and O–H groups in total.